The molecule has 0 heterocycles. The van der Waals surface area contributed by atoms with E-state index in [-0.39, 0.29) is 16.1 Å². The minimum absolute atomic E-state index is 0.0487. The molecule has 0 atom stereocenters. The van der Waals surface area contributed by atoms with Crippen molar-refractivity contribution < 1.29 is 13.2 Å². The van der Waals surface area contributed by atoms with E-state index < -0.39 is 10.0 Å². The fraction of sp³-hybridized carbons (Fsp3) is 0. The van der Waals surface area contributed by atoms with Crippen LogP contribution in [0.3, 0.4) is 0 Å². The molecule has 1 N–H and O–H groups in total. The Morgan fingerprint density at radius 3 is 2.38 bits per heavy atom. The highest BCUT2D eigenvalue weighted by Gasteiger charge is 2.20. The average Bonchev–Trinajstić information content (AvgIpc) is 2.64. The van der Waals surface area contributed by atoms with E-state index in [4.69, 9.17) is 21.6 Å². The number of nitrogens with one attached hydrogen (secondary N) is 1. The molecular weight excluding hydrogens is 372 g/mol. The Balaban J connectivity index is 1.99. The normalized spacial score (nSPS) is 10.8. The molecule has 3 aromatic rings. The molecule has 130 valence electrons. The van der Waals surface area contributed by atoms with Crippen molar-refractivity contribution in [1.29, 1.82) is 5.26 Å². The molecule has 7 heteroatoms. The molecule has 0 spiro atoms. The van der Waals surface area contributed by atoms with Crippen LogP contribution in [0.2, 0.25) is 5.02 Å². The smallest absolute Gasteiger partial charge is 0.263 e. The lowest BCUT2D eigenvalue weighted by Crippen LogP contribution is -2.15. The van der Waals surface area contributed by atoms with Crippen LogP contribution in [-0.4, -0.2) is 8.42 Å². The Bertz CT molecular complexity index is 1080. The van der Waals surface area contributed by atoms with E-state index >= 15 is 0 Å². The molecule has 0 unspecified atom stereocenters. The van der Waals surface area contributed by atoms with E-state index in [1.807, 2.05) is 12.1 Å². The zero-order valence-corrected chi connectivity index (χ0v) is 15.0. The van der Waals surface area contributed by atoms with E-state index in [0.29, 0.717) is 16.5 Å². The monoisotopic (exact) mass is 384 g/mol. The van der Waals surface area contributed by atoms with Crippen molar-refractivity contribution in [2.75, 3.05) is 4.72 Å². The first-order valence-corrected chi connectivity index (χ1v) is 9.40. The van der Waals surface area contributed by atoms with Crippen molar-refractivity contribution >= 4 is 27.3 Å². The molecule has 26 heavy (non-hydrogen) atoms. The molecule has 0 fully saturated rings. The fourth-order valence-corrected chi connectivity index (χ4v) is 3.67. The molecule has 0 bridgehead atoms. The SMILES string of the molecule is N#Cc1ccccc1S(=O)(=O)Nc1cc(Cl)ccc1Oc1ccccc1. The van der Waals surface area contributed by atoms with Crippen LogP contribution in [0.25, 0.3) is 0 Å². The van der Waals surface area contributed by atoms with Gasteiger partial charge in [0.05, 0.1) is 11.3 Å². The van der Waals surface area contributed by atoms with E-state index in [0.717, 1.165) is 0 Å². The zero-order valence-electron chi connectivity index (χ0n) is 13.4. The molecular formula is C19H13ClN2O3S. The summed E-state index contributed by atoms with van der Waals surface area (Å²) in [5.74, 6) is 0.839. The number of para-hydroxylation sites is 1. The summed E-state index contributed by atoms with van der Waals surface area (Å²) >= 11 is 6.01. The molecule has 0 saturated heterocycles. The van der Waals surface area contributed by atoms with Crippen molar-refractivity contribution in [3.8, 4) is 17.6 Å². The van der Waals surface area contributed by atoms with Crippen LogP contribution in [0, 0.1) is 11.3 Å². The fourth-order valence-electron chi connectivity index (χ4n) is 2.28. The number of anilines is 1. The van der Waals surface area contributed by atoms with E-state index in [9.17, 15) is 8.42 Å². The predicted molar refractivity (Wildman–Crippen MR) is 99.9 cm³/mol. The number of rotatable bonds is 5. The average molecular weight is 385 g/mol. The second kappa shape index (κ2) is 7.48. The number of hydrogen-bond acceptors (Lipinski definition) is 4. The number of halogens is 1. The lowest BCUT2D eigenvalue weighted by molar-refractivity contribution is 0.485. The molecule has 0 radical (unpaired) electrons. The summed E-state index contributed by atoms with van der Waals surface area (Å²) in [5.41, 5.74) is 0.224. The maximum atomic E-state index is 12.7. The van der Waals surface area contributed by atoms with Crippen LogP contribution >= 0.6 is 11.6 Å². The van der Waals surface area contributed by atoms with Crippen LogP contribution in [0.5, 0.6) is 11.5 Å². The summed E-state index contributed by atoms with van der Waals surface area (Å²) in [7, 11) is -4.00. The Labute approximate surface area is 156 Å². The highest BCUT2D eigenvalue weighted by atomic mass is 35.5. The van der Waals surface area contributed by atoms with Gasteiger partial charge in [-0.2, -0.15) is 5.26 Å². The molecule has 3 aromatic carbocycles. The van der Waals surface area contributed by atoms with Crippen molar-refractivity contribution in [3.63, 3.8) is 0 Å². The summed E-state index contributed by atoms with van der Waals surface area (Å²) in [6.45, 7) is 0. The van der Waals surface area contributed by atoms with Gasteiger partial charge in [-0.1, -0.05) is 41.9 Å². The largest absolute Gasteiger partial charge is 0.455 e. The van der Waals surface area contributed by atoms with Crippen LogP contribution in [0.4, 0.5) is 5.69 Å². The van der Waals surface area contributed by atoms with E-state index in [1.54, 1.807) is 48.5 Å². The number of hydrogen-bond donors (Lipinski definition) is 1. The molecule has 0 aliphatic carbocycles. The molecule has 5 nitrogen and oxygen atoms in total. The first-order valence-electron chi connectivity index (χ1n) is 7.54. The van der Waals surface area contributed by atoms with Gasteiger partial charge in [0.1, 0.15) is 16.7 Å². The second-order valence-corrected chi connectivity index (χ2v) is 7.36. The van der Waals surface area contributed by atoms with Crippen molar-refractivity contribution in [1.82, 2.24) is 0 Å². The minimum atomic E-state index is -4.00. The molecule has 0 saturated carbocycles. The first kappa shape index (κ1) is 17.8. The highest BCUT2D eigenvalue weighted by molar-refractivity contribution is 7.92. The molecule has 0 amide bonds. The van der Waals surface area contributed by atoms with Gasteiger partial charge >= 0.3 is 0 Å². The summed E-state index contributed by atoms with van der Waals surface area (Å²) in [6, 6.07) is 21.4. The van der Waals surface area contributed by atoms with Gasteiger partial charge in [0.25, 0.3) is 10.0 Å². The summed E-state index contributed by atoms with van der Waals surface area (Å²) < 4.78 is 33.7. The van der Waals surface area contributed by atoms with Gasteiger partial charge in [-0.3, -0.25) is 4.72 Å². The second-order valence-electron chi connectivity index (χ2n) is 5.27. The predicted octanol–water partition coefficient (Wildman–Crippen LogP) is 4.80. The van der Waals surface area contributed by atoms with Crippen LogP contribution < -0.4 is 9.46 Å². The van der Waals surface area contributed by atoms with Crippen LogP contribution in [-0.2, 0) is 10.0 Å². The van der Waals surface area contributed by atoms with Gasteiger partial charge in [0.2, 0.25) is 0 Å². The Morgan fingerprint density at radius 2 is 1.65 bits per heavy atom. The Morgan fingerprint density at radius 1 is 0.962 bits per heavy atom. The topological polar surface area (TPSA) is 79.2 Å². The Hall–Kier alpha value is -3.01. The molecule has 3 rings (SSSR count). The standard InChI is InChI=1S/C19H13ClN2O3S/c20-15-10-11-18(25-16-7-2-1-3-8-16)17(12-15)22-26(23,24)19-9-5-4-6-14(19)13-21/h1-12,22H. The van der Waals surface area contributed by atoms with E-state index in [2.05, 4.69) is 4.72 Å². The Kier molecular flexibility index (Phi) is 5.12. The van der Waals surface area contributed by atoms with Crippen molar-refractivity contribution in [3.05, 3.63) is 83.4 Å². The number of benzene rings is 3. The zero-order chi connectivity index (χ0) is 18.6. The maximum Gasteiger partial charge on any atom is 0.263 e. The quantitative estimate of drug-likeness (QED) is 0.684. The number of ether oxygens (including phenoxy) is 1. The van der Waals surface area contributed by atoms with Crippen molar-refractivity contribution in [2.24, 2.45) is 0 Å². The van der Waals surface area contributed by atoms with Gasteiger partial charge in [-0.15, -0.1) is 0 Å². The maximum absolute atomic E-state index is 12.7. The summed E-state index contributed by atoms with van der Waals surface area (Å²) in [4.78, 5) is -0.117. The third-order valence-corrected chi connectivity index (χ3v) is 5.11. The minimum Gasteiger partial charge on any atom is -0.455 e. The number of nitrogens with zero attached hydrogens (tertiary/aromatic N) is 1. The first-order chi connectivity index (χ1) is 12.5. The van der Waals surface area contributed by atoms with Crippen LogP contribution in [0.1, 0.15) is 5.56 Å². The number of nitriles is 1. The molecule has 0 aliphatic rings. The van der Waals surface area contributed by atoms with Gasteiger partial charge < -0.3 is 4.74 Å². The van der Waals surface area contributed by atoms with Gasteiger partial charge in [-0.05, 0) is 42.5 Å². The van der Waals surface area contributed by atoms with Crippen molar-refractivity contribution in [2.45, 2.75) is 4.90 Å². The summed E-state index contributed by atoms with van der Waals surface area (Å²) in [5, 5.41) is 9.50. The molecule has 0 aliphatic heterocycles. The van der Waals surface area contributed by atoms with E-state index in [1.165, 1.54) is 18.2 Å². The lowest BCUT2D eigenvalue weighted by atomic mass is 10.2. The van der Waals surface area contributed by atoms with Gasteiger partial charge in [0.15, 0.2) is 5.75 Å². The van der Waals surface area contributed by atoms with Crippen LogP contribution in [0.15, 0.2) is 77.7 Å². The highest BCUT2D eigenvalue weighted by Crippen LogP contribution is 2.33. The third kappa shape index (κ3) is 3.97. The third-order valence-electron chi connectivity index (χ3n) is 3.45. The van der Waals surface area contributed by atoms with Gasteiger partial charge in [-0.25, -0.2) is 8.42 Å². The van der Waals surface area contributed by atoms with Gasteiger partial charge in [0, 0.05) is 5.02 Å². The summed E-state index contributed by atoms with van der Waals surface area (Å²) in [6.07, 6.45) is 0. The molecule has 0 aromatic heterocycles. The lowest BCUT2D eigenvalue weighted by Gasteiger charge is -2.14. The number of sulfonamides is 1.